The van der Waals surface area contributed by atoms with Crippen LogP contribution in [0.5, 0.6) is 0 Å². The first kappa shape index (κ1) is 17.7. The molecule has 2 aromatic rings. The molecule has 4 rings (SSSR count). The summed E-state index contributed by atoms with van der Waals surface area (Å²) < 4.78 is 0. The molecule has 138 valence electrons. The van der Waals surface area contributed by atoms with Gasteiger partial charge in [0.1, 0.15) is 6.04 Å². The molecule has 1 atom stereocenters. The van der Waals surface area contributed by atoms with Gasteiger partial charge >= 0.3 is 0 Å². The molecule has 0 radical (unpaired) electrons. The van der Waals surface area contributed by atoms with E-state index >= 15 is 0 Å². The van der Waals surface area contributed by atoms with E-state index in [9.17, 15) is 14.4 Å². The van der Waals surface area contributed by atoms with E-state index in [0.29, 0.717) is 24.2 Å². The second-order valence-electron chi connectivity index (χ2n) is 6.55. The van der Waals surface area contributed by atoms with Gasteiger partial charge in [0.05, 0.1) is 22.0 Å². The molecule has 2 aliphatic rings. The number of piperidine rings is 1. The van der Waals surface area contributed by atoms with Gasteiger partial charge in [-0.15, -0.1) is 0 Å². The Morgan fingerprint density at radius 2 is 1.93 bits per heavy atom. The van der Waals surface area contributed by atoms with E-state index in [-0.39, 0.29) is 23.5 Å². The number of hydrogen-bond acceptors (Lipinski definition) is 5. The monoisotopic (exact) mass is 381 g/mol. The van der Waals surface area contributed by atoms with Crippen molar-refractivity contribution < 1.29 is 14.4 Å². The number of amides is 3. The summed E-state index contributed by atoms with van der Waals surface area (Å²) in [6.45, 7) is 0.550. The predicted octanol–water partition coefficient (Wildman–Crippen LogP) is 2.74. The highest BCUT2D eigenvalue weighted by Crippen LogP contribution is 2.32. The molecule has 1 aromatic carbocycles. The molecule has 0 aliphatic carbocycles. The Morgan fingerprint density at radius 3 is 2.74 bits per heavy atom. The Hall–Kier alpha value is -2.67. The Morgan fingerprint density at radius 1 is 1.11 bits per heavy atom. The number of benzene rings is 1. The van der Waals surface area contributed by atoms with Gasteiger partial charge in [0.2, 0.25) is 5.91 Å². The van der Waals surface area contributed by atoms with E-state index in [1.165, 1.54) is 16.7 Å². The minimum Gasteiger partial charge on any atom is -0.327 e. The number of hydrogen-bond donors (Lipinski definition) is 0. The zero-order valence-electron chi connectivity index (χ0n) is 14.7. The smallest absolute Gasteiger partial charge is 0.256 e. The fourth-order valence-electron chi connectivity index (χ4n) is 3.59. The molecular weight excluding hydrogens is 362 g/mol. The minimum absolute atomic E-state index is 0.0813. The zero-order chi connectivity index (χ0) is 18.8. The van der Waals surface area contributed by atoms with E-state index in [1.807, 2.05) is 18.2 Å². The first-order valence-electron chi connectivity index (χ1n) is 8.97. The van der Waals surface area contributed by atoms with E-state index < -0.39 is 6.04 Å². The standard InChI is InChI=1S/C20H19N3O3S/c24-18(13-27-17-10-3-5-11-21-17)23-15-8-2-1-7-14(15)19(25)22-12-6-4-9-16(22)20(23)26/h1-3,5,7-8,10-11,16H,4,6,9,12-13H2. The summed E-state index contributed by atoms with van der Waals surface area (Å²) in [6, 6.07) is 11.8. The van der Waals surface area contributed by atoms with Crippen molar-refractivity contribution >= 4 is 35.2 Å². The van der Waals surface area contributed by atoms with E-state index in [0.717, 1.165) is 17.9 Å². The molecule has 1 fully saturated rings. The second-order valence-corrected chi connectivity index (χ2v) is 7.55. The van der Waals surface area contributed by atoms with Crippen LogP contribution in [0.1, 0.15) is 29.6 Å². The zero-order valence-corrected chi connectivity index (χ0v) is 15.5. The number of aromatic nitrogens is 1. The fraction of sp³-hybridized carbons (Fsp3) is 0.300. The summed E-state index contributed by atoms with van der Waals surface area (Å²) >= 11 is 1.28. The number of imide groups is 1. The molecular formula is C20H19N3O3S. The van der Waals surface area contributed by atoms with Crippen LogP contribution in [0.4, 0.5) is 5.69 Å². The van der Waals surface area contributed by atoms with Crippen molar-refractivity contribution in [3.05, 3.63) is 54.2 Å². The summed E-state index contributed by atoms with van der Waals surface area (Å²) in [7, 11) is 0. The second kappa shape index (κ2) is 7.52. The van der Waals surface area contributed by atoms with Crippen molar-refractivity contribution in [1.29, 1.82) is 0 Å². The number of rotatable bonds is 3. The van der Waals surface area contributed by atoms with Crippen LogP contribution < -0.4 is 4.90 Å². The topological polar surface area (TPSA) is 70.6 Å². The number of fused-ring (bicyclic) bond motifs is 2. The van der Waals surface area contributed by atoms with Gasteiger partial charge in [-0.3, -0.25) is 14.4 Å². The van der Waals surface area contributed by atoms with E-state index in [1.54, 1.807) is 35.4 Å². The van der Waals surface area contributed by atoms with Crippen LogP contribution in [0.3, 0.4) is 0 Å². The third kappa shape index (κ3) is 3.35. The fourth-order valence-corrected chi connectivity index (χ4v) is 4.30. The van der Waals surface area contributed by atoms with Gasteiger partial charge in [-0.1, -0.05) is 30.0 Å². The Bertz CT molecular complexity index is 887. The van der Waals surface area contributed by atoms with Gasteiger partial charge in [0.15, 0.2) is 0 Å². The van der Waals surface area contributed by atoms with Crippen molar-refractivity contribution in [2.45, 2.75) is 30.3 Å². The van der Waals surface area contributed by atoms with E-state index in [2.05, 4.69) is 4.98 Å². The number of anilines is 1. The van der Waals surface area contributed by atoms with Crippen LogP contribution in [0.15, 0.2) is 53.7 Å². The van der Waals surface area contributed by atoms with Crippen LogP contribution in [0, 0.1) is 0 Å². The minimum atomic E-state index is -0.567. The number of pyridine rings is 1. The quantitative estimate of drug-likeness (QED) is 0.765. The number of thioether (sulfide) groups is 1. The maximum absolute atomic E-state index is 13.2. The summed E-state index contributed by atoms with van der Waals surface area (Å²) in [5, 5.41) is 0.719. The number of para-hydroxylation sites is 1. The Kier molecular flexibility index (Phi) is 4.94. The van der Waals surface area contributed by atoms with Crippen LogP contribution >= 0.6 is 11.8 Å². The van der Waals surface area contributed by atoms with Crippen LogP contribution in [0.25, 0.3) is 0 Å². The molecule has 0 N–H and O–H groups in total. The Labute approximate surface area is 161 Å². The third-order valence-electron chi connectivity index (χ3n) is 4.88. The summed E-state index contributed by atoms with van der Waals surface area (Å²) in [6.07, 6.45) is 4.01. The molecule has 1 aromatic heterocycles. The lowest BCUT2D eigenvalue weighted by molar-refractivity contribution is -0.128. The Balaban J connectivity index is 1.67. The molecule has 1 saturated heterocycles. The number of carbonyl (C=O) groups is 3. The molecule has 2 aliphatic heterocycles. The van der Waals surface area contributed by atoms with Crippen molar-refractivity contribution in [3.63, 3.8) is 0 Å². The van der Waals surface area contributed by atoms with Crippen molar-refractivity contribution in [2.75, 3.05) is 17.2 Å². The largest absolute Gasteiger partial charge is 0.327 e. The maximum Gasteiger partial charge on any atom is 0.256 e. The summed E-state index contributed by atoms with van der Waals surface area (Å²) in [4.78, 5) is 46.3. The molecule has 0 spiro atoms. The predicted molar refractivity (Wildman–Crippen MR) is 103 cm³/mol. The maximum atomic E-state index is 13.2. The van der Waals surface area contributed by atoms with Crippen LogP contribution in [-0.4, -0.2) is 45.9 Å². The number of nitrogens with zero attached hydrogens (tertiary/aromatic N) is 3. The first-order valence-corrected chi connectivity index (χ1v) is 9.96. The molecule has 3 amide bonds. The van der Waals surface area contributed by atoms with E-state index in [4.69, 9.17) is 0 Å². The van der Waals surface area contributed by atoms with Crippen molar-refractivity contribution in [2.24, 2.45) is 0 Å². The molecule has 1 unspecified atom stereocenters. The molecule has 0 saturated carbocycles. The molecule has 7 heteroatoms. The summed E-state index contributed by atoms with van der Waals surface area (Å²) in [5.74, 6) is -0.725. The highest BCUT2D eigenvalue weighted by molar-refractivity contribution is 7.99. The van der Waals surface area contributed by atoms with Gasteiger partial charge in [-0.25, -0.2) is 9.88 Å². The normalized spacial score (nSPS) is 19.3. The summed E-state index contributed by atoms with van der Waals surface area (Å²) in [5.41, 5.74) is 0.792. The van der Waals surface area contributed by atoms with Gasteiger partial charge in [-0.2, -0.15) is 0 Å². The van der Waals surface area contributed by atoms with Gasteiger partial charge in [0, 0.05) is 12.7 Å². The van der Waals surface area contributed by atoms with Crippen molar-refractivity contribution in [1.82, 2.24) is 9.88 Å². The van der Waals surface area contributed by atoms with Gasteiger partial charge in [0.25, 0.3) is 11.8 Å². The molecule has 27 heavy (non-hydrogen) atoms. The SMILES string of the molecule is O=C(CSc1ccccn1)N1C(=O)C2CCCCN2C(=O)c2ccccc21. The number of carbonyl (C=O) groups excluding carboxylic acids is 3. The first-order chi connectivity index (χ1) is 13.2. The van der Waals surface area contributed by atoms with Crippen LogP contribution in [-0.2, 0) is 9.59 Å². The molecule has 3 heterocycles. The average Bonchev–Trinajstić information content (AvgIpc) is 2.81. The van der Waals surface area contributed by atoms with Crippen molar-refractivity contribution in [3.8, 4) is 0 Å². The lowest BCUT2D eigenvalue weighted by Crippen LogP contribution is -2.52. The average molecular weight is 381 g/mol. The third-order valence-corrected chi connectivity index (χ3v) is 5.80. The lowest BCUT2D eigenvalue weighted by atomic mass is 10.0. The van der Waals surface area contributed by atoms with Gasteiger partial charge in [-0.05, 0) is 43.5 Å². The highest BCUT2D eigenvalue weighted by Gasteiger charge is 2.42. The van der Waals surface area contributed by atoms with Crippen LogP contribution in [0.2, 0.25) is 0 Å². The molecule has 0 bridgehead atoms. The lowest BCUT2D eigenvalue weighted by Gasteiger charge is -2.34. The molecule has 6 nitrogen and oxygen atoms in total. The van der Waals surface area contributed by atoms with Gasteiger partial charge < -0.3 is 4.90 Å². The highest BCUT2D eigenvalue weighted by atomic mass is 32.2.